The number of hydrogen-bond acceptors (Lipinski definition) is 3. The molecular formula is C20H26N2O3. The number of rotatable bonds is 5. The third kappa shape index (κ3) is 3.58. The maximum absolute atomic E-state index is 12.8. The Morgan fingerprint density at radius 1 is 1.32 bits per heavy atom. The fourth-order valence-electron chi connectivity index (χ4n) is 3.44. The highest BCUT2D eigenvalue weighted by atomic mass is 16.5. The number of aryl methyl sites for hydroxylation is 2. The summed E-state index contributed by atoms with van der Waals surface area (Å²) < 4.78 is 11.6. The van der Waals surface area contributed by atoms with Crippen molar-refractivity contribution in [2.45, 2.75) is 45.3 Å². The number of nitrogens with one attached hydrogen (secondary N) is 2. The Bertz CT molecular complexity index is 779. The maximum atomic E-state index is 12.8. The zero-order valence-electron chi connectivity index (χ0n) is 14.9. The van der Waals surface area contributed by atoms with Gasteiger partial charge in [-0.2, -0.15) is 0 Å². The molecule has 2 aromatic rings. The standard InChI is InChI=1S/C20H26N2O3/c1-12-13(2)21-17-6-5-15(9-16(12)17)20(23)22-18-7-8-24-11-19(18)25-10-14-3-4-14/h5-6,9,14,18-19,21H,3-4,7-8,10-11H2,1-2H3,(H,22,23)/t18-,19-/m1/s1. The molecule has 0 unspecified atom stereocenters. The van der Waals surface area contributed by atoms with Gasteiger partial charge in [-0.1, -0.05) is 0 Å². The zero-order valence-corrected chi connectivity index (χ0v) is 14.9. The number of carbonyl (C=O) groups excluding carboxylic acids is 1. The van der Waals surface area contributed by atoms with Crippen molar-refractivity contribution >= 4 is 16.8 Å². The molecule has 0 spiro atoms. The van der Waals surface area contributed by atoms with Crippen molar-refractivity contribution in [2.24, 2.45) is 5.92 Å². The first-order chi connectivity index (χ1) is 12.1. The van der Waals surface area contributed by atoms with Crippen LogP contribution in [-0.4, -0.2) is 42.9 Å². The average Bonchev–Trinajstić information content (AvgIpc) is 3.40. The number of benzene rings is 1. The first-order valence-electron chi connectivity index (χ1n) is 9.21. The van der Waals surface area contributed by atoms with Crippen LogP contribution < -0.4 is 5.32 Å². The Hall–Kier alpha value is -1.85. The quantitative estimate of drug-likeness (QED) is 0.878. The van der Waals surface area contributed by atoms with E-state index < -0.39 is 0 Å². The number of hydrogen-bond donors (Lipinski definition) is 2. The molecule has 5 nitrogen and oxygen atoms in total. The van der Waals surface area contributed by atoms with Crippen molar-refractivity contribution < 1.29 is 14.3 Å². The first kappa shape index (κ1) is 16.6. The Kier molecular flexibility index (Phi) is 4.52. The third-order valence-electron chi connectivity index (χ3n) is 5.43. The van der Waals surface area contributed by atoms with E-state index in [1.165, 1.54) is 18.4 Å². The first-order valence-corrected chi connectivity index (χ1v) is 9.21. The molecule has 2 atom stereocenters. The van der Waals surface area contributed by atoms with E-state index in [2.05, 4.69) is 24.1 Å². The molecule has 5 heteroatoms. The summed E-state index contributed by atoms with van der Waals surface area (Å²) in [5, 5.41) is 4.28. The maximum Gasteiger partial charge on any atom is 0.251 e. The SMILES string of the molecule is Cc1[nH]c2ccc(C(=O)N[C@@H]3CCOC[C@H]3OCC3CC3)cc2c1C. The number of ether oxygens (including phenoxy) is 2. The smallest absolute Gasteiger partial charge is 0.251 e. The van der Waals surface area contributed by atoms with Gasteiger partial charge in [0.15, 0.2) is 0 Å². The topological polar surface area (TPSA) is 63.4 Å². The molecule has 2 N–H and O–H groups in total. The van der Waals surface area contributed by atoms with E-state index in [0.717, 1.165) is 29.6 Å². The van der Waals surface area contributed by atoms with Crippen LogP contribution in [-0.2, 0) is 9.47 Å². The molecule has 1 aromatic heterocycles. The van der Waals surface area contributed by atoms with E-state index in [0.29, 0.717) is 24.7 Å². The summed E-state index contributed by atoms with van der Waals surface area (Å²) in [6.07, 6.45) is 3.28. The van der Waals surface area contributed by atoms with Gasteiger partial charge in [0.1, 0.15) is 6.10 Å². The molecule has 134 valence electrons. The van der Waals surface area contributed by atoms with Crippen molar-refractivity contribution in [2.75, 3.05) is 19.8 Å². The normalized spacial score (nSPS) is 23.8. The van der Waals surface area contributed by atoms with Gasteiger partial charge in [-0.15, -0.1) is 0 Å². The molecule has 1 aromatic carbocycles. The number of H-pyrrole nitrogens is 1. The predicted octanol–water partition coefficient (Wildman–Crippen LogP) is 3.10. The second-order valence-corrected chi connectivity index (χ2v) is 7.39. The fourth-order valence-corrected chi connectivity index (χ4v) is 3.44. The number of aromatic nitrogens is 1. The van der Waals surface area contributed by atoms with Crippen LogP contribution in [0, 0.1) is 19.8 Å². The Labute approximate surface area is 148 Å². The van der Waals surface area contributed by atoms with Crippen LogP contribution in [0.25, 0.3) is 10.9 Å². The van der Waals surface area contributed by atoms with Gasteiger partial charge in [0, 0.05) is 35.4 Å². The molecule has 0 radical (unpaired) electrons. The van der Waals surface area contributed by atoms with E-state index in [1.54, 1.807) is 0 Å². The Morgan fingerprint density at radius 2 is 2.16 bits per heavy atom. The lowest BCUT2D eigenvalue weighted by molar-refractivity contribution is -0.0697. The monoisotopic (exact) mass is 342 g/mol. The van der Waals surface area contributed by atoms with Crippen LogP contribution in [0.1, 0.15) is 40.9 Å². The summed E-state index contributed by atoms with van der Waals surface area (Å²) in [7, 11) is 0. The number of aromatic amines is 1. The lowest BCUT2D eigenvalue weighted by atomic mass is 10.0. The minimum Gasteiger partial charge on any atom is -0.379 e. The van der Waals surface area contributed by atoms with Crippen molar-refractivity contribution in [1.82, 2.24) is 10.3 Å². The molecule has 25 heavy (non-hydrogen) atoms. The molecule has 2 aliphatic rings. The van der Waals surface area contributed by atoms with Crippen LogP contribution in [0.3, 0.4) is 0 Å². The zero-order chi connectivity index (χ0) is 17.4. The van der Waals surface area contributed by atoms with Gasteiger partial charge < -0.3 is 19.8 Å². The molecule has 4 rings (SSSR count). The van der Waals surface area contributed by atoms with Crippen LogP contribution in [0.2, 0.25) is 0 Å². The third-order valence-corrected chi connectivity index (χ3v) is 5.43. The lowest BCUT2D eigenvalue weighted by Crippen LogP contribution is -2.50. The number of carbonyl (C=O) groups is 1. The minimum atomic E-state index is -0.0433. The number of fused-ring (bicyclic) bond motifs is 1. The van der Waals surface area contributed by atoms with E-state index in [-0.39, 0.29) is 18.1 Å². The second kappa shape index (κ2) is 6.81. The molecule has 1 amide bonds. The fraction of sp³-hybridized carbons (Fsp3) is 0.550. The van der Waals surface area contributed by atoms with Gasteiger partial charge >= 0.3 is 0 Å². The molecule has 2 heterocycles. The molecule has 1 aliphatic carbocycles. The van der Waals surface area contributed by atoms with E-state index in [1.807, 2.05) is 18.2 Å². The van der Waals surface area contributed by atoms with Crippen molar-refractivity contribution in [3.8, 4) is 0 Å². The predicted molar refractivity (Wildman–Crippen MR) is 96.9 cm³/mol. The van der Waals surface area contributed by atoms with Gasteiger partial charge in [-0.3, -0.25) is 4.79 Å². The van der Waals surface area contributed by atoms with Crippen molar-refractivity contribution in [1.29, 1.82) is 0 Å². The molecule has 0 bridgehead atoms. The Balaban J connectivity index is 1.46. The highest BCUT2D eigenvalue weighted by Crippen LogP contribution is 2.30. The van der Waals surface area contributed by atoms with Gasteiger partial charge in [0.25, 0.3) is 5.91 Å². The van der Waals surface area contributed by atoms with Crippen LogP contribution in [0.5, 0.6) is 0 Å². The highest BCUT2D eigenvalue weighted by Gasteiger charge is 2.31. The van der Waals surface area contributed by atoms with Crippen LogP contribution >= 0.6 is 0 Å². The molecule has 1 aliphatic heterocycles. The lowest BCUT2D eigenvalue weighted by Gasteiger charge is -2.32. The Morgan fingerprint density at radius 3 is 2.96 bits per heavy atom. The summed E-state index contributed by atoms with van der Waals surface area (Å²) in [4.78, 5) is 16.1. The van der Waals surface area contributed by atoms with Gasteiger partial charge in [0.2, 0.25) is 0 Å². The second-order valence-electron chi connectivity index (χ2n) is 7.39. The summed E-state index contributed by atoms with van der Waals surface area (Å²) in [6.45, 7) is 6.15. The summed E-state index contributed by atoms with van der Waals surface area (Å²) in [5.41, 5.74) is 4.11. The van der Waals surface area contributed by atoms with Gasteiger partial charge in [0.05, 0.1) is 12.6 Å². The van der Waals surface area contributed by atoms with E-state index in [4.69, 9.17) is 9.47 Å². The average molecular weight is 342 g/mol. The molecule has 1 saturated heterocycles. The highest BCUT2D eigenvalue weighted by molar-refractivity contribution is 5.99. The van der Waals surface area contributed by atoms with Crippen LogP contribution in [0.4, 0.5) is 0 Å². The van der Waals surface area contributed by atoms with Crippen LogP contribution in [0.15, 0.2) is 18.2 Å². The van der Waals surface area contributed by atoms with E-state index >= 15 is 0 Å². The summed E-state index contributed by atoms with van der Waals surface area (Å²) in [5.74, 6) is 0.674. The van der Waals surface area contributed by atoms with Gasteiger partial charge in [-0.05, 0) is 62.8 Å². The largest absolute Gasteiger partial charge is 0.379 e. The van der Waals surface area contributed by atoms with Crippen molar-refractivity contribution in [3.63, 3.8) is 0 Å². The number of amides is 1. The molecular weight excluding hydrogens is 316 g/mol. The van der Waals surface area contributed by atoms with Gasteiger partial charge in [-0.25, -0.2) is 0 Å². The minimum absolute atomic E-state index is 0.0183. The molecule has 2 fully saturated rings. The summed E-state index contributed by atoms with van der Waals surface area (Å²) in [6, 6.07) is 5.86. The summed E-state index contributed by atoms with van der Waals surface area (Å²) >= 11 is 0. The van der Waals surface area contributed by atoms with Crippen molar-refractivity contribution in [3.05, 3.63) is 35.0 Å². The molecule has 1 saturated carbocycles. The van der Waals surface area contributed by atoms with E-state index in [9.17, 15) is 4.79 Å².